The molecule has 2 rings (SSSR count). The monoisotopic (exact) mass is 368 g/mol. The number of amides is 2. The third kappa shape index (κ3) is 5.75. The Morgan fingerprint density at radius 3 is 2.35 bits per heavy atom. The van der Waals surface area contributed by atoms with Gasteiger partial charge in [0.25, 0.3) is 0 Å². The van der Waals surface area contributed by atoms with Gasteiger partial charge in [-0.1, -0.05) is 26.0 Å². The fourth-order valence-electron chi connectivity index (χ4n) is 3.15. The second-order valence-corrected chi connectivity index (χ2v) is 7.16. The highest BCUT2D eigenvalue weighted by molar-refractivity contribution is 5.90. The van der Waals surface area contributed by atoms with Crippen molar-refractivity contribution in [3.8, 4) is 0 Å². The summed E-state index contributed by atoms with van der Waals surface area (Å²) in [6.07, 6.45) is 5.65. The molecule has 2 aliphatic rings. The number of carbonyl (C=O) groups excluding carboxylic acids is 3. The van der Waals surface area contributed by atoms with Crippen molar-refractivity contribution in [3.05, 3.63) is 12.2 Å². The van der Waals surface area contributed by atoms with Gasteiger partial charge in [0.15, 0.2) is 0 Å². The molecule has 1 N–H and O–H groups in total. The van der Waals surface area contributed by atoms with Crippen molar-refractivity contribution in [2.24, 2.45) is 0 Å². The van der Waals surface area contributed by atoms with Crippen LogP contribution < -0.4 is 5.32 Å². The molecule has 0 aromatic carbocycles. The first-order valence-electron chi connectivity index (χ1n) is 9.27. The van der Waals surface area contributed by atoms with Crippen molar-refractivity contribution in [3.63, 3.8) is 0 Å². The lowest BCUT2D eigenvalue weighted by molar-refractivity contribution is -0.153. The van der Waals surface area contributed by atoms with E-state index in [9.17, 15) is 14.4 Å². The first-order chi connectivity index (χ1) is 12.2. The first-order valence-corrected chi connectivity index (χ1v) is 9.27. The molecule has 3 unspecified atom stereocenters. The zero-order chi connectivity index (χ0) is 19.9. The van der Waals surface area contributed by atoms with E-state index in [4.69, 9.17) is 9.47 Å². The minimum absolute atomic E-state index is 0.0407. The molecule has 7 heteroatoms. The molecular formula is C19H32N2O5. The van der Waals surface area contributed by atoms with Crippen molar-refractivity contribution in [1.29, 1.82) is 0 Å². The highest BCUT2D eigenvalue weighted by atomic mass is 16.6. The second-order valence-electron chi connectivity index (χ2n) is 7.16. The smallest absolute Gasteiger partial charge is 0.408 e. The van der Waals surface area contributed by atoms with Crippen LogP contribution in [0.25, 0.3) is 0 Å². The van der Waals surface area contributed by atoms with Crippen molar-refractivity contribution in [2.45, 2.75) is 84.0 Å². The van der Waals surface area contributed by atoms with Crippen LogP contribution in [0.2, 0.25) is 0 Å². The summed E-state index contributed by atoms with van der Waals surface area (Å²) < 4.78 is 10.1. The quantitative estimate of drug-likeness (QED) is 0.598. The molecule has 2 heterocycles. The zero-order valence-electron chi connectivity index (χ0n) is 16.7. The van der Waals surface area contributed by atoms with E-state index in [0.717, 1.165) is 6.42 Å². The summed E-state index contributed by atoms with van der Waals surface area (Å²) in [5, 5.41) is 2.63. The number of alkyl carbamates (subject to hydrolysis) is 1. The first kappa shape index (κ1) is 22.0. The van der Waals surface area contributed by atoms with E-state index >= 15 is 0 Å². The average molecular weight is 368 g/mol. The van der Waals surface area contributed by atoms with Gasteiger partial charge in [-0.3, -0.25) is 4.79 Å². The molecule has 2 amide bonds. The Labute approximate surface area is 156 Å². The summed E-state index contributed by atoms with van der Waals surface area (Å²) >= 11 is 0. The lowest BCUT2D eigenvalue weighted by Crippen LogP contribution is -2.55. The van der Waals surface area contributed by atoms with Crippen LogP contribution in [-0.2, 0) is 19.1 Å². The van der Waals surface area contributed by atoms with Crippen LogP contribution in [0.3, 0.4) is 0 Å². The zero-order valence-corrected chi connectivity index (χ0v) is 16.7. The van der Waals surface area contributed by atoms with Gasteiger partial charge >= 0.3 is 12.1 Å². The Kier molecular flexibility index (Phi) is 8.11. The molecule has 2 aliphatic heterocycles. The molecule has 7 nitrogen and oxygen atoms in total. The maximum Gasteiger partial charge on any atom is 0.408 e. The van der Waals surface area contributed by atoms with Crippen molar-refractivity contribution in [2.75, 3.05) is 7.11 Å². The number of ether oxygens (including phenoxy) is 2. The number of fused-ring (bicyclic) bond motifs is 1. The maximum atomic E-state index is 12.9. The number of hydrogen-bond donors (Lipinski definition) is 1. The van der Waals surface area contributed by atoms with Crippen molar-refractivity contribution >= 4 is 18.0 Å². The van der Waals surface area contributed by atoms with Crippen LogP contribution in [0.1, 0.15) is 60.3 Å². The van der Waals surface area contributed by atoms with Gasteiger partial charge in [-0.15, -0.1) is 0 Å². The molecule has 0 radical (unpaired) electrons. The topological polar surface area (TPSA) is 84.9 Å². The highest BCUT2D eigenvalue weighted by Crippen LogP contribution is 2.30. The van der Waals surface area contributed by atoms with Gasteiger partial charge in [-0.05, 0) is 46.5 Å². The fraction of sp³-hybridized carbons (Fsp3) is 0.737. The minimum atomic E-state index is -0.746. The van der Waals surface area contributed by atoms with E-state index in [2.05, 4.69) is 5.32 Å². The predicted octanol–water partition coefficient (Wildman–Crippen LogP) is 2.79. The molecule has 1 saturated heterocycles. The minimum Gasteiger partial charge on any atom is -0.467 e. The molecule has 148 valence electrons. The number of rotatable bonds is 2. The number of methoxy groups -OCH3 is 1. The van der Waals surface area contributed by atoms with Crippen LogP contribution in [0.5, 0.6) is 0 Å². The maximum absolute atomic E-state index is 12.9. The standard InChI is InChI=1S/C17H26N2O5.C2H6/c1-17(2,3)24-16(22)18-12-8-6-5-7-11-9-10-13(15(21)23-4)19(11)14(12)20;1-2/h5-6,11-13H,7-10H2,1-4H3,(H,18,22);1-2H3/b6-5-;. The predicted molar refractivity (Wildman–Crippen MR) is 98.6 cm³/mol. The Balaban J connectivity index is 0.00000163. The molecule has 0 aromatic rings. The molecular weight excluding hydrogens is 336 g/mol. The molecule has 0 saturated carbocycles. The summed E-state index contributed by atoms with van der Waals surface area (Å²) in [5.41, 5.74) is -0.644. The Bertz CT molecular complexity index is 539. The lowest BCUT2D eigenvalue weighted by Gasteiger charge is -2.33. The van der Waals surface area contributed by atoms with Gasteiger partial charge < -0.3 is 19.7 Å². The summed E-state index contributed by atoms with van der Waals surface area (Å²) in [6, 6.07) is -1.37. The van der Waals surface area contributed by atoms with E-state index in [1.54, 1.807) is 25.7 Å². The van der Waals surface area contributed by atoms with Crippen LogP contribution in [0.15, 0.2) is 12.2 Å². The number of hydrogen-bond acceptors (Lipinski definition) is 5. The molecule has 1 fully saturated rings. The normalized spacial score (nSPS) is 26.5. The van der Waals surface area contributed by atoms with Gasteiger partial charge in [0, 0.05) is 6.04 Å². The van der Waals surface area contributed by atoms with E-state index < -0.39 is 29.7 Å². The van der Waals surface area contributed by atoms with E-state index in [0.29, 0.717) is 19.3 Å². The summed E-state index contributed by atoms with van der Waals surface area (Å²) in [6.45, 7) is 9.28. The van der Waals surface area contributed by atoms with Crippen molar-refractivity contribution in [1.82, 2.24) is 10.2 Å². The van der Waals surface area contributed by atoms with Crippen LogP contribution >= 0.6 is 0 Å². The average Bonchev–Trinajstić information content (AvgIpc) is 2.98. The Morgan fingerprint density at radius 2 is 1.77 bits per heavy atom. The highest BCUT2D eigenvalue weighted by Gasteiger charge is 2.44. The SMILES string of the molecule is CC.COC(=O)C1CCC2C/C=C\CC(NC(=O)OC(C)(C)C)C(=O)N21. The lowest BCUT2D eigenvalue weighted by atomic mass is 10.0. The number of nitrogens with one attached hydrogen (secondary N) is 1. The fourth-order valence-corrected chi connectivity index (χ4v) is 3.15. The van der Waals surface area contributed by atoms with E-state index in [1.807, 2.05) is 26.0 Å². The number of esters is 1. The van der Waals surface area contributed by atoms with Gasteiger partial charge in [0.1, 0.15) is 17.7 Å². The van der Waals surface area contributed by atoms with Gasteiger partial charge in [-0.2, -0.15) is 0 Å². The van der Waals surface area contributed by atoms with Crippen LogP contribution in [-0.4, -0.2) is 53.7 Å². The summed E-state index contributed by atoms with van der Waals surface area (Å²) in [5.74, 6) is -0.672. The Morgan fingerprint density at radius 1 is 1.15 bits per heavy atom. The van der Waals surface area contributed by atoms with E-state index in [1.165, 1.54) is 7.11 Å². The molecule has 0 spiro atoms. The summed E-state index contributed by atoms with van der Waals surface area (Å²) in [4.78, 5) is 38.5. The Hall–Kier alpha value is -2.05. The molecule has 3 atom stereocenters. The van der Waals surface area contributed by atoms with Gasteiger partial charge in [-0.25, -0.2) is 9.59 Å². The molecule has 26 heavy (non-hydrogen) atoms. The molecule has 0 aromatic heterocycles. The third-order valence-electron chi connectivity index (χ3n) is 4.17. The van der Waals surface area contributed by atoms with Gasteiger partial charge in [0.05, 0.1) is 7.11 Å². The second kappa shape index (κ2) is 9.59. The summed E-state index contributed by atoms with van der Waals surface area (Å²) in [7, 11) is 1.32. The number of carbonyl (C=O) groups is 3. The van der Waals surface area contributed by atoms with Crippen molar-refractivity contribution < 1.29 is 23.9 Å². The van der Waals surface area contributed by atoms with Crippen LogP contribution in [0.4, 0.5) is 4.79 Å². The third-order valence-corrected chi connectivity index (χ3v) is 4.17. The van der Waals surface area contributed by atoms with Crippen LogP contribution in [0, 0.1) is 0 Å². The largest absolute Gasteiger partial charge is 0.467 e. The molecule has 0 aliphatic carbocycles. The molecule has 0 bridgehead atoms. The van der Waals surface area contributed by atoms with E-state index in [-0.39, 0.29) is 11.9 Å². The van der Waals surface area contributed by atoms with Gasteiger partial charge in [0.2, 0.25) is 5.91 Å². The number of nitrogens with zero attached hydrogens (tertiary/aromatic N) is 1.